The molecule has 0 N–H and O–H groups in total. The number of hydrogen-bond acceptors (Lipinski definition) is 0. The van der Waals surface area contributed by atoms with E-state index in [-0.39, 0.29) is 0 Å². The summed E-state index contributed by atoms with van der Waals surface area (Å²) in [5.74, 6) is 3.97. The van der Waals surface area contributed by atoms with Gasteiger partial charge in [-0.05, 0) is 0 Å². The predicted octanol–water partition coefficient (Wildman–Crippen LogP) is 28.6. The molecule has 0 spiro atoms. The molecule has 0 heterocycles. The van der Waals surface area contributed by atoms with E-state index in [0.717, 1.165) is 0 Å². The van der Waals surface area contributed by atoms with Crippen molar-refractivity contribution in [2.45, 2.75) is 343 Å². The van der Waals surface area contributed by atoms with E-state index in [1.807, 2.05) is 22.3 Å². The van der Waals surface area contributed by atoms with Crippen molar-refractivity contribution >= 4 is 37.7 Å². The number of benzene rings is 4. The van der Waals surface area contributed by atoms with Crippen LogP contribution in [-0.4, -0.2) is 13.4 Å². The summed E-state index contributed by atoms with van der Waals surface area (Å²) in [7, 11) is 0. The van der Waals surface area contributed by atoms with Gasteiger partial charge in [-0.2, -0.15) is 0 Å². The minimum absolute atomic E-state index is 0.492. The van der Waals surface area contributed by atoms with Crippen molar-refractivity contribution in [3.05, 3.63) is 160 Å². The fourth-order valence-electron chi connectivity index (χ4n) is 24.7. The molecule has 4 atom stereocenters. The Morgan fingerprint density at radius 2 is 0.478 bits per heavy atom. The van der Waals surface area contributed by atoms with Gasteiger partial charge >= 0.3 is 573 Å². The van der Waals surface area contributed by atoms with Crippen LogP contribution in [0.15, 0.2) is 70.8 Å². The summed E-state index contributed by atoms with van der Waals surface area (Å²) in [6.45, 7) is 65.8. The third kappa shape index (κ3) is 12.1. The zero-order valence-corrected chi connectivity index (χ0v) is 75.0. The molecule has 4 aliphatic rings. The van der Waals surface area contributed by atoms with Gasteiger partial charge in [-0.25, -0.2) is 0 Å². The SMILES string of the molecule is CCC[CH2][Hf]([CH2]CCC)([CH2]CCCC[CH2][Hf]([CH2]CCC)([CH2]CCC)([SiH2]C)([CH]1C(C)=Cc2c(C(C)C)cc(C(C)C)cc21)[CH]1C(C)=Cc2c(C(C)C)cc(C(C)C)cc21)([SiH2]C)([CH]1C(C)=Cc2c(C(C)C)cc(C(C)C)cc21)[CH]1C(C)=Cc2c(C(C)C)cc(C(C)C)cc21. The molecule has 0 aliphatic heterocycles. The van der Waals surface area contributed by atoms with Crippen molar-refractivity contribution in [2.24, 2.45) is 0 Å². The first-order chi connectivity index (χ1) is 43.3. The van der Waals surface area contributed by atoms with E-state index in [4.69, 9.17) is 0 Å². The molecule has 0 nitrogen and oxygen atoms in total. The molecule has 0 saturated heterocycles. The second-order valence-electron chi connectivity index (χ2n) is 36.6. The molecular weight excluding hydrogens is 1470 g/mol. The Kier molecular flexibility index (Phi) is 23.3. The number of rotatable bonds is 33. The van der Waals surface area contributed by atoms with E-state index < -0.39 is 45.8 Å². The van der Waals surface area contributed by atoms with Crippen molar-refractivity contribution in [1.82, 2.24) is 0 Å². The van der Waals surface area contributed by atoms with Crippen LogP contribution in [0.4, 0.5) is 0 Å². The van der Waals surface area contributed by atoms with Crippen LogP contribution < -0.4 is 0 Å². The van der Waals surface area contributed by atoms with Crippen LogP contribution in [0.3, 0.4) is 0 Å². The first kappa shape index (κ1) is 75.8. The van der Waals surface area contributed by atoms with E-state index in [9.17, 15) is 0 Å². The first-order valence-electron chi connectivity index (χ1n) is 39.5. The number of hydrogen-bond donors (Lipinski definition) is 0. The van der Waals surface area contributed by atoms with Crippen LogP contribution in [0.25, 0.3) is 24.3 Å². The Balaban J connectivity index is 1.42. The van der Waals surface area contributed by atoms with E-state index in [1.54, 1.807) is 97.4 Å². The molecule has 0 aromatic heterocycles. The van der Waals surface area contributed by atoms with Crippen LogP contribution in [0.2, 0.25) is 38.2 Å². The van der Waals surface area contributed by atoms with Gasteiger partial charge in [0.05, 0.1) is 0 Å². The molecule has 4 aliphatic carbocycles. The van der Waals surface area contributed by atoms with Gasteiger partial charge in [0.25, 0.3) is 0 Å². The van der Waals surface area contributed by atoms with Gasteiger partial charge in [0.2, 0.25) is 0 Å². The van der Waals surface area contributed by atoms with Gasteiger partial charge in [-0.1, -0.05) is 0 Å². The maximum atomic E-state index is 2.99. The van der Waals surface area contributed by atoms with Crippen molar-refractivity contribution in [1.29, 1.82) is 0 Å². The Hall–Kier alpha value is -1.99. The first-order valence-corrected chi connectivity index (χ1v) is 82.5. The average Bonchev–Trinajstić information content (AvgIpc) is 1.21. The van der Waals surface area contributed by atoms with Crippen LogP contribution in [-0.2, 0) is 32.4 Å². The quantitative estimate of drug-likeness (QED) is 0.0329. The monoisotopic (exact) mass is 1610 g/mol. The number of fused-ring (bicyclic) bond motifs is 4. The summed E-state index contributed by atoms with van der Waals surface area (Å²) in [6, 6.07) is 22.2. The van der Waals surface area contributed by atoms with Gasteiger partial charge < -0.3 is 0 Å². The molecule has 0 bridgehead atoms. The molecule has 0 radical (unpaired) electrons. The normalized spacial score (nSPS) is 20.0. The Bertz CT molecular complexity index is 3050. The number of unbranched alkanes of at least 4 members (excludes halogenated alkanes) is 7. The average molecular weight is 1610 g/mol. The van der Waals surface area contributed by atoms with Crippen LogP contribution in [0, 0.1) is 0 Å². The van der Waals surface area contributed by atoms with Gasteiger partial charge in [0, 0.05) is 0 Å². The van der Waals surface area contributed by atoms with Gasteiger partial charge in [-0.3, -0.25) is 0 Å². The summed E-state index contributed by atoms with van der Waals surface area (Å²) >= 11 is -10.4. The summed E-state index contributed by atoms with van der Waals surface area (Å²) in [5, 5.41) is 0. The van der Waals surface area contributed by atoms with E-state index >= 15 is 0 Å². The number of allylic oxidation sites excluding steroid dienone is 4. The summed E-state index contributed by atoms with van der Waals surface area (Å²) in [6.07, 6.45) is 27.7. The second-order valence-corrected chi connectivity index (χ2v) is 158. The summed E-state index contributed by atoms with van der Waals surface area (Å²) in [4.78, 5) is 0. The summed E-state index contributed by atoms with van der Waals surface area (Å²) in [5.41, 5.74) is 33.9. The van der Waals surface area contributed by atoms with E-state index in [2.05, 4.69) is 252 Å². The van der Waals surface area contributed by atoms with Crippen molar-refractivity contribution in [3.8, 4) is 0 Å². The van der Waals surface area contributed by atoms with Crippen LogP contribution in [0.1, 0.15) is 394 Å². The fourth-order valence-corrected chi connectivity index (χ4v) is 193. The molecule has 4 aromatic carbocycles. The van der Waals surface area contributed by atoms with Crippen LogP contribution >= 0.6 is 0 Å². The maximum absolute atomic E-state index is 5.22. The standard InChI is InChI=1S/4C16H21.C6H12.4C4H9.2CH5Si.2Hf/c4*1-10(2)13-8-14-6-12(5)7-16(14)15(9-13)11(3)4;1-3-5-6-4-2;4*1-3-4-2;2*1-2;;/h4*6-11H,1-5H3;1-6H2;4*1,3-4H2,2H3;2*2H2,1H3;;. The Labute approximate surface area is 568 Å². The van der Waals surface area contributed by atoms with Gasteiger partial charge in [0.15, 0.2) is 0 Å². The molecule has 8 rings (SSSR count). The molecule has 510 valence electrons. The fraction of sp³-hybridized carbons (Fsp3) is 0.636. The zero-order chi connectivity index (χ0) is 67.9. The van der Waals surface area contributed by atoms with Gasteiger partial charge in [-0.15, -0.1) is 0 Å². The van der Waals surface area contributed by atoms with Gasteiger partial charge in [0.1, 0.15) is 0 Å². The second kappa shape index (κ2) is 28.3. The molecule has 0 fully saturated rings. The van der Waals surface area contributed by atoms with E-state index in [0.29, 0.717) is 62.0 Å². The van der Waals surface area contributed by atoms with Crippen molar-refractivity contribution in [3.63, 3.8) is 0 Å². The third-order valence-electron chi connectivity index (χ3n) is 29.2. The minimum atomic E-state index is -5.22. The van der Waals surface area contributed by atoms with Crippen molar-refractivity contribution in [2.75, 3.05) is 0 Å². The molecule has 4 heteroatoms. The van der Waals surface area contributed by atoms with Crippen LogP contribution in [0.5, 0.6) is 0 Å². The topological polar surface area (TPSA) is 0 Å². The molecular formula is C88H142Hf2Si2. The van der Waals surface area contributed by atoms with Crippen molar-refractivity contribution < 1.29 is 32.4 Å². The molecule has 0 amide bonds. The van der Waals surface area contributed by atoms with E-state index in [1.165, 1.54) is 93.8 Å². The summed E-state index contributed by atoms with van der Waals surface area (Å²) < 4.78 is 11.6. The molecule has 0 saturated carbocycles. The zero-order valence-electron chi connectivity index (χ0n) is 65.0. The Morgan fingerprint density at radius 1 is 0.283 bits per heavy atom. The molecule has 4 unspecified atom stereocenters. The molecule has 4 aromatic rings. The predicted molar refractivity (Wildman–Crippen MR) is 420 cm³/mol. The molecule has 92 heavy (non-hydrogen) atoms. The third-order valence-corrected chi connectivity index (χ3v) is 197. The Morgan fingerprint density at radius 3 is 0.641 bits per heavy atom.